The van der Waals surface area contributed by atoms with Crippen molar-refractivity contribution in [1.29, 1.82) is 0 Å². The van der Waals surface area contributed by atoms with Gasteiger partial charge in [-0.1, -0.05) is 6.07 Å². The van der Waals surface area contributed by atoms with Crippen LogP contribution in [-0.2, 0) is 0 Å². The van der Waals surface area contributed by atoms with Crippen molar-refractivity contribution < 1.29 is 4.92 Å². The monoisotopic (exact) mass is 287 g/mol. The molecule has 0 saturated carbocycles. The maximum atomic E-state index is 11.3. The minimum Gasteiger partial charge on any atom is -0.375 e. The van der Waals surface area contributed by atoms with E-state index >= 15 is 0 Å². The van der Waals surface area contributed by atoms with Crippen LogP contribution in [0.1, 0.15) is 20.8 Å². The molecular weight excluding hydrogens is 270 g/mol. The van der Waals surface area contributed by atoms with E-state index in [4.69, 9.17) is 5.73 Å². The van der Waals surface area contributed by atoms with E-state index in [9.17, 15) is 10.1 Å². The zero-order valence-corrected chi connectivity index (χ0v) is 12.1. The van der Waals surface area contributed by atoms with Crippen LogP contribution in [0.4, 0.5) is 17.3 Å². The number of nitro groups is 1. The molecule has 7 heteroatoms. The highest BCUT2D eigenvalue weighted by Crippen LogP contribution is 2.31. The highest BCUT2D eigenvalue weighted by molar-refractivity contribution is 5.73. The molecule has 0 amide bonds. The number of nitrogens with zero attached hydrogens (tertiary/aromatic N) is 3. The Morgan fingerprint density at radius 3 is 2.33 bits per heavy atom. The van der Waals surface area contributed by atoms with E-state index in [2.05, 4.69) is 15.3 Å². The third kappa shape index (κ3) is 3.65. The molecule has 0 aliphatic heterocycles. The first-order chi connectivity index (χ1) is 9.76. The van der Waals surface area contributed by atoms with Crippen LogP contribution in [0.25, 0.3) is 11.1 Å². The number of rotatable bonds is 3. The number of nitrogens with two attached hydrogens (primary N) is 1. The molecule has 0 fully saturated rings. The molecule has 1 aromatic carbocycles. The van der Waals surface area contributed by atoms with Crippen LogP contribution in [0.5, 0.6) is 0 Å². The van der Waals surface area contributed by atoms with Crippen molar-refractivity contribution in [3.63, 3.8) is 0 Å². The Morgan fingerprint density at radius 1 is 1.19 bits per heavy atom. The number of nitrogen functional groups attached to an aromatic ring is 1. The molecule has 0 atom stereocenters. The minimum absolute atomic E-state index is 0.0132. The van der Waals surface area contributed by atoms with E-state index in [-0.39, 0.29) is 17.2 Å². The van der Waals surface area contributed by atoms with E-state index in [1.807, 2.05) is 20.8 Å². The van der Waals surface area contributed by atoms with Gasteiger partial charge in [0.15, 0.2) is 0 Å². The van der Waals surface area contributed by atoms with Gasteiger partial charge in [-0.25, -0.2) is 9.97 Å². The lowest BCUT2D eigenvalue weighted by molar-refractivity contribution is -0.383. The number of nitro benzene ring substituents is 1. The van der Waals surface area contributed by atoms with Crippen molar-refractivity contribution >= 4 is 17.3 Å². The Bertz CT molecular complexity index is 662. The largest absolute Gasteiger partial charge is 0.375 e. The smallest absolute Gasteiger partial charge is 0.292 e. The Hall–Kier alpha value is -2.70. The highest BCUT2D eigenvalue weighted by atomic mass is 16.6. The fourth-order valence-electron chi connectivity index (χ4n) is 1.86. The molecule has 1 aromatic heterocycles. The molecule has 7 nitrogen and oxygen atoms in total. The van der Waals surface area contributed by atoms with E-state index in [0.29, 0.717) is 16.8 Å². The Balaban J connectivity index is 2.45. The van der Waals surface area contributed by atoms with Gasteiger partial charge in [0, 0.05) is 29.6 Å². The van der Waals surface area contributed by atoms with Crippen LogP contribution in [0.2, 0.25) is 0 Å². The van der Waals surface area contributed by atoms with E-state index in [1.54, 1.807) is 12.1 Å². The molecule has 0 aliphatic carbocycles. The number of hydrogen-bond donors (Lipinski definition) is 2. The molecule has 2 rings (SSSR count). The number of nitrogens with one attached hydrogen (secondary N) is 1. The molecule has 0 unspecified atom stereocenters. The fraction of sp³-hybridized carbons (Fsp3) is 0.286. The molecule has 3 N–H and O–H groups in total. The number of benzene rings is 1. The lowest BCUT2D eigenvalue weighted by Crippen LogP contribution is -2.26. The van der Waals surface area contributed by atoms with Gasteiger partial charge < -0.3 is 11.1 Å². The third-order valence-electron chi connectivity index (χ3n) is 2.71. The van der Waals surface area contributed by atoms with Gasteiger partial charge in [-0.05, 0) is 32.4 Å². The standard InChI is InChI=1S/C14H17N5O2/c1-14(2,3)18-11-5-4-9(6-12(11)19(20)21)10-7-16-13(15)17-8-10/h4-8,18H,1-3H3,(H2,15,16,17). The third-order valence-corrected chi connectivity index (χ3v) is 2.71. The van der Waals surface area contributed by atoms with Gasteiger partial charge in [-0.3, -0.25) is 10.1 Å². The summed E-state index contributed by atoms with van der Waals surface area (Å²) in [5, 5.41) is 14.4. The summed E-state index contributed by atoms with van der Waals surface area (Å²) in [6.45, 7) is 5.83. The van der Waals surface area contributed by atoms with E-state index in [0.717, 1.165) is 0 Å². The van der Waals surface area contributed by atoms with Crippen LogP contribution >= 0.6 is 0 Å². The van der Waals surface area contributed by atoms with Crippen molar-refractivity contribution in [2.75, 3.05) is 11.1 Å². The second kappa shape index (κ2) is 5.35. The van der Waals surface area contributed by atoms with Crippen LogP contribution in [0, 0.1) is 10.1 Å². The predicted octanol–water partition coefficient (Wildman–Crippen LogP) is 2.84. The summed E-state index contributed by atoms with van der Waals surface area (Å²) >= 11 is 0. The van der Waals surface area contributed by atoms with Gasteiger partial charge in [-0.2, -0.15) is 0 Å². The van der Waals surface area contributed by atoms with Crippen molar-refractivity contribution in [2.45, 2.75) is 26.3 Å². The molecule has 0 spiro atoms. The number of anilines is 2. The lowest BCUT2D eigenvalue weighted by Gasteiger charge is -2.22. The van der Waals surface area contributed by atoms with Crippen molar-refractivity contribution in [3.8, 4) is 11.1 Å². The van der Waals surface area contributed by atoms with Crippen LogP contribution in [-0.4, -0.2) is 20.4 Å². The molecule has 0 saturated heterocycles. The first-order valence-electron chi connectivity index (χ1n) is 6.41. The minimum atomic E-state index is -0.407. The predicted molar refractivity (Wildman–Crippen MR) is 81.9 cm³/mol. The summed E-state index contributed by atoms with van der Waals surface area (Å²) in [7, 11) is 0. The van der Waals surface area contributed by atoms with Crippen LogP contribution in [0.15, 0.2) is 30.6 Å². The van der Waals surface area contributed by atoms with Gasteiger partial charge in [-0.15, -0.1) is 0 Å². The molecule has 2 aromatic rings. The molecule has 0 bridgehead atoms. The molecule has 0 radical (unpaired) electrons. The second-order valence-electron chi connectivity index (χ2n) is 5.69. The Kier molecular flexibility index (Phi) is 3.75. The SMILES string of the molecule is CC(C)(C)Nc1ccc(-c2cnc(N)nc2)cc1[N+](=O)[O-]. The highest BCUT2D eigenvalue weighted by Gasteiger charge is 2.19. The average molecular weight is 287 g/mol. The normalized spacial score (nSPS) is 11.2. The average Bonchev–Trinajstić information content (AvgIpc) is 2.38. The van der Waals surface area contributed by atoms with Crippen LogP contribution < -0.4 is 11.1 Å². The molecule has 0 aliphatic rings. The summed E-state index contributed by atoms with van der Waals surface area (Å²) in [6.07, 6.45) is 3.08. The van der Waals surface area contributed by atoms with Gasteiger partial charge in [0.1, 0.15) is 5.69 Å². The van der Waals surface area contributed by atoms with E-state index in [1.165, 1.54) is 18.5 Å². The van der Waals surface area contributed by atoms with Crippen molar-refractivity contribution in [3.05, 3.63) is 40.7 Å². The van der Waals surface area contributed by atoms with Crippen molar-refractivity contribution in [2.24, 2.45) is 0 Å². The first-order valence-corrected chi connectivity index (χ1v) is 6.41. The first kappa shape index (κ1) is 14.7. The molecule has 110 valence electrons. The summed E-state index contributed by atoms with van der Waals surface area (Å²) in [4.78, 5) is 18.6. The summed E-state index contributed by atoms with van der Waals surface area (Å²) < 4.78 is 0. The van der Waals surface area contributed by atoms with Crippen LogP contribution in [0.3, 0.4) is 0 Å². The summed E-state index contributed by atoms with van der Waals surface area (Å²) in [5.74, 6) is 0.166. The lowest BCUT2D eigenvalue weighted by atomic mass is 10.0. The van der Waals surface area contributed by atoms with Gasteiger partial charge in [0.25, 0.3) is 5.69 Å². The molecular formula is C14H17N5O2. The quantitative estimate of drug-likeness (QED) is 0.664. The second-order valence-corrected chi connectivity index (χ2v) is 5.69. The number of hydrogen-bond acceptors (Lipinski definition) is 6. The molecule has 1 heterocycles. The summed E-state index contributed by atoms with van der Waals surface area (Å²) in [6, 6.07) is 4.98. The van der Waals surface area contributed by atoms with Gasteiger partial charge >= 0.3 is 0 Å². The topological polar surface area (TPSA) is 107 Å². The van der Waals surface area contributed by atoms with Gasteiger partial charge in [0.05, 0.1) is 4.92 Å². The maximum Gasteiger partial charge on any atom is 0.292 e. The number of aromatic nitrogens is 2. The van der Waals surface area contributed by atoms with Crippen molar-refractivity contribution in [1.82, 2.24) is 9.97 Å². The molecule has 21 heavy (non-hydrogen) atoms. The Labute approximate surface area is 122 Å². The van der Waals surface area contributed by atoms with E-state index < -0.39 is 4.92 Å². The Morgan fingerprint density at radius 2 is 1.81 bits per heavy atom. The summed E-state index contributed by atoms with van der Waals surface area (Å²) in [5.41, 5.74) is 7.00. The zero-order valence-electron chi connectivity index (χ0n) is 12.1. The maximum absolute atomic E-state index is 11.3. The fourth-order valence-corrected chi connectivity index (χ4v) is 1.86. The van der Waals surface area contributed by atoms with Gasteiger partial charge in [0.2, 0.25) is 5.95 Å². The zero-order chi connectivity index (χ0) is 15.6.